The van der Waals surface area contributed by atoms with Crippen LogP contribution in [-0.2, 0) is 19.1 Å². The van der Waals surface area contributed by atoms with E-state index in [-0.39, 0.29) is 56.4 Å². The van der Waals surface area contributed by atoms with Gasteiger partial charge < -0.3 is 14.2 Å². The second kappa shape index (κ2) is 13.7. The zero-order valence-electron chi connectivity index (χ0n) is 23.3. The van der Waals surface area contributed by atoms with Crippen LogP contribution >= 0.6 is 0 Å². The van der Waals surface area contributed by atoms with Crippen LogP contribution in [0.1, 0.15) is 61.4 Å². The molecule has 0 fully saturated rings. The van der Waals surface area contributed by atoms with E-state index in [0.29, 0.717) is 0 Å². The molecule has 7 nitrogen and oxygen atoms in total. The largest absolute Gasteiger partial charge is 0.460 e. The second-order valence-electron chi connectivity index (χ2n) is 9.90. The molecule has 1 heterocycles. The van der Waals surface area contributed by atoms with Crippen molar-refractivity contribution in [2.45, 2.75) is 87.6 Å². The molecule has 0 amide bonds. The number of ketones is 1. The fourth-order valence-electron chi connectivity index (χ4n) is 3.69. The number of halogens is 14. The van der Waals surface area contributed by atoms with Gasteiger partial charge in [0.15, 0.2) is 0 Å². The average molecular weight is 710 g/mol. The number of rotatable bonds is 6. The highest BCUT2D eigenvalue weighted by Crippen LogP contribution is 2.49. The van der Waals surface area contributed by atoms with E-state index in [1.807, 2.05) is 0 Å². The Hall–Kier alpha value is -3.94. The molecule has 1 aliphatic heterocycles. The van der Waals surface area contributed by atoms with Crippen LogP contribution in [0.15, 0.2) is 18.2 Å². The third-order valence-electron chi connectivity index (χ3n) is 6.24. The molecule has 0 bridgehead atoms. The average Bonchev–Trinajstić information content (AvgIpc) is 2.90. The second-order valence-corrected chi connectivity index (χ2v) is 9.90. The van der Waals surface area contributed by atoms with Crippen molar-refractivity contribution in [3.05, 3.63) is 29.3 Å². The number of Topliss-reactive ketones (excluding diaryl/α,β-unsaturated/α-hetero) is 1. The minimum Gasteiger partial charge on any atom is -0.459 e. The van der Waals surface area contributed by atoms with E-state index in [9.17, 15) is 80.6 Å². The summed E-state index contributed by atoms with van der Waals surface area (Å²) in [6.07, 6.45) is -13.5. The summed E-state index contributed by atoms with van der Waals surface area (Å²) in [4.78, 5) is 48.8. The smallest absolute Gasteiger partial charge is 0.459 e. The van der Waals surface area contributed by atoms with Crippen molar-refractivity contribution in [2.24, 2.45) is 0 Å². The van der Waals surface area contributed by atoms with Crippen molar-refractivity contribution in [3.63, 3.8) is 0 Å². The molecule has 0 saturated carbocycles. The predicted molar refractivity (Wildman–Crippen MR) is 126 cm³/mol. The van der Waals surface area contributed by atoms with E-state index in [0.717, 1.165) is 12.2 Å². The normalized spacial score (nSPS) is 18.8. The molecule has 21 heteroatoms. The number of carbonyl (C=O) groups is 4. The Kier molecular flexibility index (Phi) is 11.4. The number of fused-ring (bicyclic) bond motifs is 1. The first kappa shape index (κ1) is 39.2. The first-order chi connectivity index (χ1) is 21.2. The lowest BCUT2D eigenvalue weighted by atomic mass is 10.0. The van der Waals surface area contributed by atoms with E-state index in [4.69, 9.17) is 4.74 Å². The standard InChI is InChI=1S/C26H20F14O7/c1-12-6-5-9-14(41)8-4-2-3-7-13-10-15(46-19(43)21(27,28)23(31,32)25(35,36)37)11-16(17(13)18(42)45-12)47-20(44)22(29,30)24(33,34)26(38,39)40/h3,7,10-12H,2,4-6,8-9H2,1H3/b7-3+. The van der Waals surface area contributed by atoms with Gasteiger partial charge in [-0.15, -0.1) is 0 Å². The molecule has 2 rings (SSSR count). The lowest BCUT2D eigenvalue weighted by molar-refractivity contribution is -0.346. The summed E-state index contributed by atoms with van der Waals surface area (Å²) in [6, 6.07) is -0.0197. The molecule has 1 atom stereocenters. The van der Waals surface area contributed by atoms with Gasteiger partial charge >= 0.3 is 54.0 Å². The number of cyclic esters (lactones) is 1. The molecule has 0 radical (unpaired) electrons. The number of ether oxygens (including phenoxy) is 3. The van der Waals surface area contributed by atoms with Gasteiger partial charge in [0.2, 0.25) is 0 Å². The van der Waals surface area contributed by atoms with Gasteiger partial charge in [-0.25, -0.2) is 14.4 Å². The Bertz CT molecular complexity index is 1400. The van der Waals surface area contributed by atoms with Crippen molar-refractivity contribution in [3.8, 4) is 11.5 Å². The SMILES string of the molecule is CC1CCCC(=O)CCC/C=C/c2cc(OC(=O)C(F)(F)C(F)(F)C(F)(F)F)cc(OC(=O)C(F)(F)C(F)(F)C(F)(F)F)c2C(=O)O1. The molecular formula is C26H20F14O7. The van der Waals surface area contributed by atoms with Crippen LogP contribution in [0.5, 0.6) is 11.5 Å². The fraction of sp³-hybridized carbons (Fsp3) is 0.538. The summed E-state index contributed by atoms with van der Waals surface area (Å²) in [5.41, 5.74) is -2.19. The van der Waals surface area contributed by atoms with Crippen molar-refractivity contribution in [1.82, 2.24) is 0 Å². The molecule has 0 spiro atoms. The first-order valence-electron chi connectivity index (χ1n) is 12.8. The molecule has 1 unspecified atom stereocenters. The Labute approximate surface area is 253 Å². The van der Waals surface area contributed by atoms with E-state index < -0.39 is 82.7 Å². The summed E-state index contributed by atoms with van der Waals surface area (Å²) < 4.78 is 198. The maximum absolute atomic E-state index is 14.1. The van der Waals surface area contributed by atoms with Crippen molar-refractivity contribution >= 4 is 29.8 Å². The topological polar surface area (TPSA) is 96.0 Å². The molecule has 0 saturated heterocycles. The summed E-state index contributed by atoms with van der Waals surface area (Å²) in [6.45, 7) is 1.20. The van der Waals surface area contributed by atoms with Crippen LogP contribution in [0.2, 0.25) is 0 Å². The number of hydrogen-bond donors (Lipinski definition) is 0. The van der Waals surface area contributed by atoms with Gasteiger partial charge in [-0.2, -0.15) is 61.5 Å². The van der Waals surface area contributed by atoms with Crippen LogP contribution in [0.25, 0.3) is 6.08 Å². The highest BCUT2D eigenvalue weighted by Gasteiger charge is 2.78. The summed E-state index contributed by atoms with van der Waals surface area (Å²) in [5, 5.41) is 0. The van der Waals surface area contributed by atoms with Crippen molar-refractivity contribution < 1.29 is 94.9 Å². The molecular weight excluding hydrogens is 690 g/mol. The van der Waals surface area contributed by atoms with Crippen LogP contribution in [0, 0.1) is 0 Å². The zero-order valence-corrected chi connectivity index (χ0v) is 23.3. The van der Waals surface area contributed by atoms with Crippen LogP contribution in [0.3, 0.4) is 0 Å². The highest BCUT2D eigenvalue weighted by molar-refractivity contribution is 5.98. The van der Waals surface area contributed by atoms with Gasteiger partial charge in [0.05, 0.1) is 6.10 Å². The highest BCUT2D eigenvalue weighted by atomic mass is 19.4. The zero-order chi connectivity index (χ0) is 36.4. The Morgan fingerprint density at radius 3 is 1.74 bits per heavy atom. The van der Waals surface area contributed by atoms with Gasteiger partial charge in [0.25, 0.3) is 0 Å². The van der Waals surface area contributed by atoms with Gasteiger partial charge in [0.1, 0.15) is 22.8 Å². The predicted octanol–water partition coefficient (Wildman–Crippen LogP) is 7.65. The third kappa shape index (κ3) is 8.32. The van der Waals surface area contributed by atoms with Gasteiger partial charge in [-0.1, -0.05) is 12.2 Å². The molecule has 0 aromatic heterocycles. The molecule has 47 heavy (non-hydrogen) atoms. The van der Waals surface area contributed by atoms with Crippen molar-refractivity contribution in [1.29, 1.82) is 0 Å². The molecule has 1 aromatic rings. The molecule has 0 N–H and O–H groups in total. The molecule has 0 aliphatic carbocycles. The van der Waals surface area contributed by atoms with Gasteiger partial charge in [-0.05, 0) is 44.2 Å². The van der Waals surface area contributed by atoms with Crippen molar-refractivity contribution in [2.75, 3.05) is 0 Å². The number of benzene rings is 1. The number of carbonyl (C=O) groups excluding carboxylic acids is 4. The van der Waals surface area contributed by atoms with E-state index in [2.05, 4.69) is 9.47 Å². The Morgan fingerprint density at radius 2 is 1.23 bits per heavy atom. The summed E-state index contributed by atoms with van der Waals surface area (Å²) in [7, 11) is 0. The number of alkyl halides is 14. The Balaban J connectivity index is 2.78. The molecule has 1 aromatic carbocycles. The van der Waals surface area contributed by atoms with E-state index >= 15 is 0 Å². The molecule has 264 valence electrons. The lowest BCUT2D eigenvalue weighted by Crippen LogP contribution is -2.57. The number of esters is 3. The minimum atomic E-state index is -7.13. The summed E-state index contributed by atoms with van der Waals surface area (Å²) >= 11 is 0. The third-order valence-corrected chi connectivity index (χ3v) is 6.24. The van der Waals surface area contributed by atoms with E-state index in [1.54, 1.807) is 0 Å². The summed E-state index contributed by atoms with van der Waals surface area (Å²) in [5.74, 6) is -40.6. The first-order valence-corrected chi connectivity index (χ1v) is 12.8. The fourth-order valence-corrected chi connectivity index (χ4v) is 3.69. The Morgan fingerprint density at radius 1 is 0.745 bits per heavy atom. The molecule has 1 aliphatic rings. The van der Waals surface area contributed by atoms with Crippen LogP contribution in [0.4, 0.5) is 61.5 Å². The van der Waals surface area contributed by atoms with E-state index in [1.165, 1.54) is 6.92 Å². The number of allylic oxidation sites excluding steroid dienone is 1. The lowest BCUT2D eigenvalue weighted by Gasteiger charge is -2.27. The van der Waals surface area contributed by atoms with Crippen LogP contribution in [-0.4, -0.2) is 65.8 Å². The minimum absolute atomic E-state index is 0.0142. The quantitative estimate of drug-likeness (QED) is 0.170. The van der Waals surface area contributed by atoms with Gasteiger partial charge in [-0.3, -0.25) is 4.79 Å². The maximum atomic E-state index is 14.1. The maximum Gasteiger partial charge on any atom is 0.460 e. The number of hydrogen-bond acceptors (Lipinski definition) is 7. The van der Waals surface area contributed by atoms with Gasteiger partial charge in [0, 0.05) is 18.9 Å². The van der Waals surface area contributed by atoms with Crippen LogP contribution < -0.4 is 9.47 Å². The monoisotopic (exact) mass is 710 g/mol.